The Morgan fingerprint density at radius 1 is 1.25 bits per heavy atom. The largest absolute Gasteiger partial charge is 0.493 e. The van der Waals surface area contributed by atoms with E-state index in [1.807, 2.05) is 13.0 Å². The predicted octanol–water partition coefficient (Wildman–Crippen LogP) is 4.07. The molecule has 0 aliphatic carbocycles. The van der Waals surface area contributed by atoms with Gasteiger partial charge >= 0.3 is 0 Å². The lowest BCUT2D eigenvalue weighted by Gasteiger charge is -2.10. The first-order chi connectivity index (χ1) is 11.6. The smallest absolute Gasteiger partial charge is 0.269 e. The number of hydrogen-bond donors (Lipinski definition) is 0. The first kappa shape index (κ1) is 17.0. The van der Waals surface area contributed by atoms with E-state index in [9.17, 15) is 15.4 Å². The number of nitro benzene ring substituents is 1. The third-order valence-corrected chi connectivity index (χ3v) is 3.31. The van der Waals surface area contributed by atoms with E-state index in [0.29, 0.717) is 29.2 Å². The van der Waals surface area contributed by atoms with Gasteiger partial charge in [0.2, 0.25) is 0 Å². The van der Waals surface area contributed by atoms with Crippen LogP contribution in [0.25, 0.3) is 11.6 Å². The standard InChI is InChI=1S/C18H16N2O4/c1-3-24-18-11-13(4-9-17(18)23-2)10-15(12-19)14-5-7-16(8-6-14)20(21)22/h4-11H,3H2,1-2H3/b15-10-. The summed E-state index contributed by atoms with van der Waals surface area (Å²) in [5.41, 5.74) is 1.77. The van der Waals surface area contributed by atoms with Crippen LogP contribution in [0.2, 0.25) is 0 Å². The summed E-state index contributed by atoms with van der Waals surface area (Å²) in [6, 6.07) is 13.3. The highest BCUT2D eigenvalue weighted by molar-refractivity contribution is 5.90. The van der Waals surface area contributed by atoms with E-state index in [-0.39, 0.29) is 5.69 Å². The van der Waals surface area contributed by atoms with Gasteiger partial charge in [-0.1, -0.05) is 6.07 Å². The lowest BCUT2D eigenvalue weighted by molar-refractivity contribution is -0.384. The van der Waals surface area contributed by atoms with E-state index >= 15 is 0 Å². The average molecular weight is 324 g/mol. The van der Waals surface area contributed by atoms with Crippen molar-refractivity contribution in [1.82, 2.24) is 0 Å². The molecule has 122 valence electrons. The molecule has 0 N–H and O–H groups in total. The first-order valence-corrected chi connectivity index (χ1v) is 7.26. The molecule has 0 aromatic heterocycles. The number of non-ortho nitro benzene ring substituents is 1. The van der Waals surface area contributed by atoms with Gasteiger partial charge in [0.25, 0.3) is 5.69 Å². The SMILES string of the molecule is CCOc1cc(/C=C(/C#N)c2ccc([N+](=O)[O-])cc2)ccc1OC. The molecule has 0 radical (unpaired) electrons. The quantitative estimate of drug-likeness (QED) is 0.346. The minimum Gasteiger partial charge on any atom is -0.493 e. The molecule has 0 saturated carbocycles. The van der Waals surface area contributed by atoms with E-state index < -0.39 is 4.92 Å². The highest BCUT2D eigenvalue weighted by Gasteiger charge is 2.08. The Morgan fingerprint density at radius 2 is 1.96 bits per heavy atom. The van der Waals surface area contributed by atoms with Gasteiger partial charge < -0.3 is 9.47 Å². The zero-order valence-electron chi connectivity index (χ0n) is 13.4. The molecular formula is C18H16N2O4. The molecular weight excluding hydrogens is 308 g/mol. The lowest BCUT2D eigenvalue weighted by atomic mass is 10.0. The van der Waals surface area contributed by atoms with Crippen LogP contribution in [0.1, 0.15) is 18.1 Å². The molecule has 0 saturated heterocycles. The molecule has 0 unspecified atom stereocenters. The third-order valence-electron chi connectivity index (χ3n) is 3.31. The second kappa shape index (κ2) is 7.79. The van der Waals surface area contributed by atoms with Gasteiger partial charge in [-0.15, -0.1) is 0 Å². The average Bonchev–Trinajstić information content (AvgIpc) is 2.60. The summed E-state index contributed by atoms with van der Waals surface area (Å²) in [4.78, 5) is 10.2. The van der Waals surface area contributed by atoms with Crippen LogP contribution in [0, 0.1) is 21.4 Å². The molecule has 0 bridgehead atoms. The number of rotatable bonds is 6. The molecule has 6 heteroatoms. The van der Waals surface area contributed by atoms with Crippen LogP contribution in [-0.4, -0.2) is 18.6 Å². The number of nitrogens with zero attached hydrogens (tertiary/aromatic N) is 2. The maximum atomic E-state index is 10.7. The molecule has 0 aliphatic heterocycles. The van der Waals surface area contributed by atoms with Crippen LogP contribution in [0.5, 0.6) is 11.5 Å². The van der Waals surface area contributed by atoms with Gasteiger partial charge in [-0.05, 0) is 48.4 Å². The lowest BCUT2D eigenvalue weighted by Crippen LogP contribution is -1.95. The van der Waals surface area contributed by atoms with Crippen molar-refractivity contribution in [2.45, 2.75) is 6.92 Å². The summed E-state index contributed by atoms with van der Waals surface area (Å²) in [7, 11) is 1.56. The molecule has 6 nitrogen and oxygen atoms in total. The number of allylic oxidation sites excluding steroid dienone is 1. The monoisotopic (exact) mass is 324 g/mol. The van der Waals surface area contributed by atoms with Crippen molar-refractivity contribution in [3.63, 3.8) is 0 Å². The Labute approximate surface area is 139 Å². The van der Waals surface area contributed by atoms with Crippen LogP contribution >= 0.6 is 0 Å². The Morgan fingerprint density at radius 3 is 2.50 bits per heavy atom. The Balaban J connectivity index is 2.38. The zero-order chi connectivity index (χ0) is 17.5. The van der Waals surface area contributed by atoms with Crippen LogP contribution in [0.15, 0.2) is 42.5 Å². The molecule has 2 aromatic carbocycles. The number of methoxy groups -OCH3 is 1. The Kier molecular flexibility index (Phi) is 5.53. The molecule has 0 heterocycles. The molecule has 0 fully saturated rings. The molecule has 24 heavy (non-hydrogen) atoms. The van der Waals surface area contributed by atoms with Gasteiger partial charge in [0.15, 0.2) is 11.5 Å². The maximum Gasteiger partial charge on any atom is 0.269 e. The van der Waals surface area contributed by atoms with Crippen LogP contribution in [0.3, 0.4) is 0 Å². The fourth-order valence-corrected chi connectivity index (χ4v) is 2.16. The third kappa shape index (κ3) is 3.90. The van der Waals surface area contributed by atoms with E-state index in [1.54, 1.807) is 37.5 Å². The molecule has 0 amide bonds. The van der Waals surface area contributed by atoms with Crippen molar-refractivity contribution >= 4 is 17.3 Å². The van der Waals surface area contributed by atoms with E-state index in [0.717, 1.165) is 5.56 Å². The minimum atomic E-state index is -0.475. The molecule has 0 spiro atoms. The number of benzene rings is 2. The zero-order valence-corrected chi connectivity index (χ0v) is 13.4. The number of hydrogen-bond acceptors (Lipinski definition) is 5. The maximum absolute atomic E-state index is 10.7. The summed E-state index contributed by atoms with van der Waals surface area (Å²) in [6.07, 6.45) is 1.70. The Hall–Kier alpha value is -3.33. The van der Waals surface area contributed by atoms with Crippen molar-refractivity contribution < 1.29 is 14.4 Å². The van der Waals surface area contributed by atoms with Crippen molar-refractivity contribution in [1.29, 1.82) is 5.26 Å². The normalized spacial score (nSPS) is 10.8. The summed E-state index contributed by atoms with van der Waals surface area (Å²) in [5.74, 6) is 1.21. The second-order valence-corrected chi connectivity index (χ2v) is 4.82. The van der Waals surface area contributed by atoms with Crippen LogP contribution in [-0.2, 0) is 0 Å². The van der Waals surface area contributed by atoms with Crippen molar-refractivity contribution in [2.24, 2.45) is 0 Å². The minimum absolute atomic E-state index is 0.0147. The molecule has 0 atom stereocenters. The number of nitriles is 1. The van der Waals surface area contributed by atoms with Gasteiger partial charge in [0, 0.05) is 12.1 Å². The fraction of sp³-hybridized carbons (Fsp3) is 0.167. The van der Waals surface area contributed by atoms with Gasteiger partial charge in [0.1, 0.15) is 0 Å². The van der Waals surface area contributed by atoms with Crippen molar-refractivity contribution in [3.8, 4) is 17.6 Å². The van der Waals surface area contributed by atoms with E-state index in [4.69, 9.17) is 9.47 Å². The van der Waals surface area contributed by atoms with Gasteiger partial charge in [-0.25, -0.2) is 0 Å². The fourth-order valence-electron chi connectivity index (χ4n) is 2.16. The van der Waals surface area contributed by atoms with Crippen LogP contribution < -0.4 is 9.47 Å². The van der Waals surface area contributed by atoms with Gasteiger partial charge in [-0.3, -0.25) is 10.1 Å². The summed E-state index contributed by atoms with van der Waals surface area (Å²) >= 11 is 0. The number of ether oxygens (including phenoxy) is 2. The van der Waals surface area contributed by atoms with E-state index in [1.165, 1.54) is 12.1 Å². The van der Waals surface area contributed by atoms with Crippen molar-refractivity contribution in [3.05, 3.63) is 63.7 Å². The molecule has 0 aliphatic rings. The predicted molar refractivity (Wildman–Crippen MR) is 90.7 cm³/mol. The topological polar surface area (TPSA) is 85.4 Å². The highest BCUT2D eigenvalue weighted by atomic mass is 16.6. The molecule has 2 rings (SSSR count). The Bertz CT molecular complexity index is 805. The van der Waals surface area contributed by atoms with Crippen molar-refractivity contribution in [2.75, 3.05) is 13.7 Å². The summed E-state index contributed by atoms with van der Waals surface area (Å²) in [5, 5.41) is 20.1. The highest BCUT2D eigenvalue weighted by Crippen LogP contribution is 2.30. The van der Waals surface area contributed by atoms with E-state index in [2.05, 4.69) is 6.07 Å². The van der Waals surface area contributed by atoms with Crippen LogP contribution in [0.4, 0.5) is 5.69 Å². The summed E-state index contributed by atoms with van der Waals surface area (Å²) < 4.78 is 10.7. The van der Waals surface area contributed by atoms with Gasteiger partial charge in [-0.2, -0.15) is 5.26 Å². The first-order valence-electron chi connectivity index (χ1n) is 7.26. The molecule has 2 aromatic rings. The second-order valence-electron chi connectivity index (χ2n) is 4.82. The number of nitro groups is 1. The summed E-state index contributed by atoms with van der Waals surface area (Å²) in [6.45, 7) is 2.37. The van der Waals surface area contributed by atoms with Gasteiger partial charge in [0.05, 0.1) is 30.3 Å².